The molecule has 0 aliphatic carbocycles. The highest BCUT2D eigenvalue weighted by atomic mass is 35.5. The molecule has 3 rings (SSSR count). The average molecular weight is 468 g/mol. The number of pyridine rings is 1. The molecular weight excluding hydrogens is 446 g/mol. The Hall–Kier alpha value is -2.53. The van der Waals surface area contributed by atoms with Crippen molar-refractivity contribution in [2.45, 2.75) is 24.5 Å². The molecule has 0 radical (unpaired) electrons. The van der Waals surface area contributed by atoms with Crippen molar-refractivity contribution in [2.75, 3.05) is 17.7 Å². The number of anilines is 2. The van der Waals surface area contributed by atoms with Gasteiger partial charge in [0.05, 0.1) is 23.9 Å². The van der Waals surface area contributed by atoms with Crippen molar-refractivity contribution < 1.29 is 30.6 Å². The highest BCUT2D eigenvalue weighted by Crippen LogP contribution is 2.29. The smallest absolute Gasteiger partial charge is 0.278 e. The summed E-state index contributed by atoms with van der Waals surface area (Å²) in [7, 11) is -2.30. The Bertz CT molecular complexity index is 1180. The van der Waals surface area contributed by atoms with Gasteiger partial charge in [-0.15, -0.1) is 0 Å². The third-order valence-corrected chi connectivity index (χ3v) is 7.19. The molecule has 0 aliphatic rings. The predicted octanol–water partition coefficient (Wildman–Crippen LogP) is -1.32. The minimum absolute atomic E-state index is 0. The molecule has 0 unspecified atom stereocenters. The van der Waals surface area contributed by atoms with E-state index in [4.69, 9.17) is 10.9 Å². The van der Waals surface area contributed by atoms with Gasteiger partial charge in [0.1, 0.15) is 0 Å². The van der Waals surface area contributed by atoms with E-state index < -0.39 is 10.0 Å². The Kier molecular flexibility index (Phi) is 7.19. The van der Waals surface area contributed by atoms with Crippen molar-refractivity contribution in [1.29, 1.82) is 0 Å². The van der Waals surface area contributed by atoms with Crippen LogP contribution in [0.25, 0.3) is 11.1 Å². The number of aromatic amines is 1. The topological polar surface area (TPSA) is 134 Å². The SMILES string of the molecule is Cc1c[nH+]c(N)c(-c2ccc(CC(=O)N(C)c3nc(C)c(S(N)(=O)=O)s3)cc2)c1.[Cl-]. The molecule has 5 N–H and O–H groups in total. The molecule has 8 nitrogen and oxygen atoms in total. The Morgan fingerprint density at radius 3 is 2.43 bits per heavy atom. The van der Waals surface area contributed by atoms with Gasteiger partial charge in [-0.1, -0.05) is 35.6 Å². The summed E-state index contributed by atoms with van der Waals surface area (Å²) in [6.07, 6.45) is 1.99. The van der Waals surface area contributed by atoms with Gasteiger partial charge in [0.15, 0.2) is 9.34 Å². The highest BCUT2D eigenvalue weighted by molar-refractivity contribution is 7.91. The number of nitrogens with zero attached hydrogens (tertiary/aromatic N) is 2. The number of nitrogens with one attached hydrogen (secondary N) is 1. The quantitative estimate of drug-likeness (QED) is 0.480. The fourth-order valence-electron chi connectivity index (χ4n) is 2.83. The summed E-state index contributed by atoms with van der Waals surface area (Å²) in [5.74, 6) is 0.361. The number of carbonyl (C=O) groups excluding carboxylic acids is 1. The van der Waals surface area contributed by atoms with Crippen molar-refractivity contribution in [1.82, 2.24) is 4.98 Å². The summed E-state index contributed by atoms with van der Waals surface area (Å²) in [6.45, 7) is 3.52. The van der Waals surface area contributed by atoms with Crippen LogP contribution in [0.1, 0.15) is 16.8 Å². The average Bonchev–Trinajstić information content (AvgIpc) is 3.06. The third-order valence-electron chi connectivity index (χ3n) is 4.40. The second-order valence-corrected chi connectivity index (χ2v) is 9.48. The molecule has 1 amide bonds. The van der Waals surface area contributed by atoms with Crippen LogP contribution in [-0.2, 0) is 21.2 Å². The zero-order chi connectivity index (χ0) is 21.3. The number of nitrogen functional groups attached to an aromatic ring is 1. The minimum Gasteiger partial charge on any atom is -1.00 e. The Balaban J connectivity index is 0.00000320. The number of rotatable bonds is 5. The fourth-order valence-corrected chi connectivity index (χ4v) is 4.76. The standard InChI is InChI=1S/C19H21N5O3S2.ClH/c1-11-8-15(17(20)22-10-11)14-6-4-13(5-7-14)9-16(25)24(3)19-23-12(2)18(28-19)29(21,26)27;/h4-8,10H,9H2,1-3H3,(H2,20,22)(H2,21,26,27);1H. The lowest BCUT2D eigenvalue weighted by Gasteiger charge is -2.14. The maximum Gasteiger partial charge on any atom is 0.278 e. The van der Waals surface area contributed by atoms with E-state index in [1.54, 1.807) is 14.0 Å². The van der Waals surface area contributed by atoms with Crippen LogP contribution in [0, 0.1) is 13.8 Å². The number of hydrogen-bond acceptors (Lipinski definition) is 6. The third kappa shape index (κ3) is 5.14. The van der Waals surface area contributed by atoms with Gasteiger partial charge in [-0.25, -0.2) is 23.5 Å². The van der Waals surface area contributed by atoms with Crippen LogP contribution in [0.15, 0.2) is 40.7 Å². The summed E-state index contributed by atoms with van der Waals surface area (Å²) >= 11 is 0.880. The van der Waals surface area contributed by atoms with E-state index in [1.165, 1.54) is 4.90 Å². The van der Waals surface area contributed by atoms with E-state index in [1.807, 2.05) is 43.5 Å². The normalized spacial score (nSPS) is 11.1. The van der Waals surface area contributed by atoms with Crippen molar-refractivity contribution in [3.63, 3.8) is 0 Å². The molecule has 0 spiro atoms. The van der Waals surface area contributed by atoms with Crippen LogP contribution < -0.4 is 33.2 Å². The monoisotopic (exact) mass is 467 g/mol. The minimum atomic E-state index is -3.86. The van der Waals surface area contributed by atoms with Gasteiger partial charge in [0, 0.05) is 7.05 Å². The van der Waals surface area contributed by atoms with Crippen LogP contribution in [0.5, 0.6) is 0 Å². The van der Waals surface area contributed by atoms with E-state index >= 15 is 0 Å². The summed E-state index contributed by atoms with van der Waals surface area (Å²) in [4.78, 5) is 21.1. The molecule has 0 fully saturated rings. The van der Waals surface area contributed by atoms with E-state index in [0.29, 0.717) is 5.82 Å². The number of primary sulfonamides is 1. The fraction of sp³-hybridized carbons (Fsp3) is 0.211. The molecule has 0 bridgehead atoms. The Morgan fingerprint density at radius 1 is 1.23 bits per heavy atom. The maximum atomic E-state index is 12.6. The summed E-state index contributed by atoms with van der Waals surface area (Å²) in [5, 5.41) is 5.47. The summed E-state index contributed by atoms with van der Waals surface area (Å²) in [5.41, 5.74) is 10.0. The Labute approximate surface area is 185 Å². The first kappa shape index (κ1) is 23.7. The number of likely N-dealkylation sites (N-methyl/N-ethyl adjacent to an activating group) is 1. The maximum absolute atomic E-state index is 12.6. The lowest BCUT2D eigenvalue weighted by Crippen LogP contribution is -3.00. The molecule has 3 aromatic rings. The number of carbonyl (C=O) groups is 1. The van der Waals surface area contributed by atoms with Crippen molar-refractivity contribution in [3.05, 3.63) is 53.3 Å². The van der Waals surface area contributed by atoms with Gasteiger partial charge >= 0.3 is 0 Å². The number of benzene rings is 1. The predicted molar refractivity (Wildman–Crippen MR) is 113 cm³/mol. The first-order valence-corrected chi connectivity index (χ1v) is 11.1. The molecule has 0 atom stereocenters. The molecule has 11 heteroatoms. The zero-order valence-electron chi connectivity index (χ0n) is 16.6. The number of nitrogens with two attached hydrogens (primary N) is 2. The molecular formula is C19H22ClN5O3S2. The van der Waals surface area contributed by atoms with Crippen LogP contribution >= 0.6 is 11.3 Å². The van der Waals surface area contributed by atoms with Gasteiger partial charge in [-0.2, -0.15) is 0 Å². The van der Waals surface area contributed by atoms with Crippen molar-refractivity contribution in [2.24, 2.45) is 5.14 Å². The van der Waals surface area contributed by atoms with Crippen molar-refractivity contribution >= 4 is 38.2 Å². The second kappa shape index (κ2) is 9.09. The molecule has 0 saturated carbocycles. The summed E-state index contributed by atoms with van der Waals surface area (Å²) in [6, 6.07) is 9.55. The van der Waals surface area contributed by atoms with Crippen LogP contribution in [0.3, 0.4) is 0 Å². The van der Waals surface area contributed by atoms with Crippen molar-refractivity contribution in [3.8, 4) is 11.1 Å². The molecule has 0 aliphatic heterocycles. The van der Waals surface area contributed by atoms with E-state index in [2.05, 4.69) is 9.97 Å². The molecule has 2 aromatic heterocycles. The number of H-pyrrole nitrogens is 1. The molecule has 160 valence electrons. The number of aryl methyl sites for hydroxylation is 2. The van der Waals surface area contributed by atoms with Crippen LogP contribution in [-0.4, -0.2) is 26.4 Å². The number of sulfonamides is 1. The van der Waals surface area contributed by atoms with E-state index in [9.17, 15) is 13.2 Å². The molecule has 1 aromatic carbocycles. The lowest BCUT2D eigenvalue weighted by atomic mass is 10.0. The number of thiazole rings is 1. The first-order chi connectivity index (χ1) is 13.6. The molecule has 0 saturated heterocycles. The first-order valence-electron chi connectivity index (χ1n) is 8.70. The molecule has 2 heterocycles. The largest absolute Gasteiger partial charge is 1.00 e. The number of halogens is 1. The summed E-state index contributed by atoms with van der Waals surface area (Å²) < 4.78 is 23.1. The lowest BCUT2D eigenvalue weighted by molar-refractivity contribution is -0.360. The van der Waals surface area contributed by atoms with Gasteiger partial charge in [0.2, 0.25) is 15.9 Å². The van der Waals surface area contributed by atoms with Gasteiger partial charge < -0.3 is 12.4 Å². The van der Waals surface area contributed by atoms with Gasteiger partial charge in [-0.3, -0.25) is 15.4 Å². The number of amides is 1. The van der Waals surface area contributed by atoms with Crippen LogP contribution in [0.4, 0.5) is 10.9 Å². The highest BCUT2D eigenvalue weighted by Gasteiger charge is 2.22. The van der Waals surface area contributed by atoms with Gasteiger partial charge in [-0.05, 0) is 36.6 Å². The van der Waals surface area contributed by atoms with E-state index in [-0.39, 0.29) is 39.8 Å². The number of aromatic nitrogens is 2. The molecule has 30 heavy (non-hydrogen) atoms. The second-order valence-electron chi connectivity index (χ2n) is 6.75. The van der Waals surface area contributed by atoms with Gasteiger partial charge in [0.25, 0.3) is 5.82 Å². The number of hydrogen-bond donors (Lipinski definition) is 2. The Morgan fingerprint density at radius 2 is 1.87 bits per heavy atom. The van der Waals surface area contributed by atoms with E-state index in [0.717, 1.165) is 33.6 Å². The van der Waals surface area contributed by atoms with Crippen LogP contribution in [0.2, 0.25) is 0 Å². The zero-order valence-corrected chi connectivity index (χ0v) is 19.0.